The van der Waals surface area contributed by atoms with Crippen LogP contribution in [-0.4, -0.2) is 5.78 Å². The highest BCUT2D eigenvalue weighted by molar-refractivity contribution is 6.30. The summed E-state index contributed by atoms with van der Waals surface area (Å²) in [5.74, 6) is 2.21. The van der Waals surface area contributed by atoms with Gasteiger partial charge in [0.25, 0.3) is 0 Å². The van der Waals surface area contributed by atoms with Gasteiger partial charge in [0.05, 0.1) is 0 Å². The van der Waals surface area contributed by atoms with Gasteiger partial charge in [0, 0.05) is 16.4 Å². The zero-order valence-corrected chi connectivity index (χ0v) is 13.3. The fourth-order valence-corrected chi connectivity index (χ4v) is 4.37. The lowest BCUT2D eigenvalue weighted by Gasteiger charge is -2.36. The van der Waals surface area contributed by atoms with Crippen LogP contribution in [0.2, 0.25) is 5.02 Å². The number of hydrogen-bond acceptors (Lipinski definition) is 1. The van der Waals surface area contributed by atoms with Gasteiger partial charge in [-0.15, -0.1) is 0 Å². The predicted molar refractivity (Wildman–Crippen MR) is 83.0 cm³/mol. The van der Waals surface area contributed by atoms with Gasteiger partial charge in [-0.1, -0.05) is 44.5 Å². The summed E-state index contributed by atoms with van der Waals surface area (Å²) in [6, 6.07) is 8.09. The van der Waals surface area contributed by atoms with Gasteiger partial charge in [-0.3, -0.25) is 4.79 Å². The van der Waals surface area contributed by atoms with E-state index in [0.717, 1.165) is 17.9 Å². The maximum Gasteiger partial charge on any atom is 0.143 e. The number of carbonyl (C=O) groups excluding carboxylic acids is 1. The van der Waals surface area contributed by atoms with Crippen LogP contribution in [0, 0.1) is 23.2 Å². The molecule has 3 rings (SSSR count). The Morgan fingerprint density at radius 3 is 2.45 bits per heavy atom. The van der Waals surface area contributed by atoms with Crippen molar-refractivity contribution in [2.24, 2.45) is 23.2 Å². The van der Waals surface area contributed by atoms with E-state index in [1.165, 1.54) is 12.0 Å². The molecule has 0 heterocycles. The minimum Gasteiger partial charge on any atom is -0.299 e. The number of Topliss-reactive ketones (excluding diaryl/α,β-unsaturated/α-hetero) is 1. The van der Waals surface area contributed by atoms with E-state index >= 15 is 0 Å². The molecule has 0 saturated heterocycles. The first kappa shape index (κ1) is 14.1. The molecule has 1 aromatic rings. The molecular formula is C18H23ClO. The molecule has 20 heavy (non-hydrogen) atoms. The first-order chi connectivity index (χ1) is 9.46. The largest absolute Gasteiger partial charge is 0.299 e. The summed E-state index contributed by atoms with van der Waals surface area (Å²) in [7, 11) is 0. The molecule has 108 valence electrons. The van der Waals surface area contributed by atoms with Crippen LogP contribution in [0.1, 0.15) is 51.5 Å². The lowest BCUT2D eigenvalue weighted by Crippen LogP contribution is -2.39. The maximum absolute atomic E-state index is 13.0. The lowest BCUT2D eigenvalue weighted by molar-refractivity contribution is -0.135. The van der Waals surface area contributed by atoms with Crippen LogP contribution in [-0.2, 0) is 4.79 Å². The summed E-state index contributed by atoms with van der Waals surface area (Å²) in [5.41, 5.74) is 1.22. The molecule has 0 aromatic heterocycles. The van der Waals surface area contributed by atoms with Crippen LogP contribution < -0.4 is 0 Å². The zero-order chi connectivity index (χ0) is 14.5. The Kier molecular flexibility index (Phi) is 3.44. The fourth-order valence-electron chi connectivity index (χ4n) is 4.25. The van der Waals surface area contributed by atoms with Gasteiger partial charge in [-0.25, -0.2) is 0 Å². The Labute approximate surface area is 126 Å². The van der Waals surface area contributed by atoms with Crippen LogP contribution in [0.15, 0.2) is 24.3 Å². The van der Waals surface area contributed by atoms with Gasteiger partial charge in [0.1, 0.15) is 5.78 Å². The van der Waals surface area contributed by atoms with E-state index in [1.807, 2.05) is 12.1 Å². The second-order valence-corrected chi connectivity index (χ2v) is 7.48. The van der Waals surface area contributed by atoms with Crippen molar-refractivity contribution in [1.29, 1.82) is 0 Å². The lowest BCUT2D eigenvalue weighted by atomic mass is 9.66. The molecule has 0 amide bonds. The SMILES string of the molecule is CC(C)[C@H]1CC[C@H](C)[C@]2(C[C@@H]2c2ccc(Cl)cc2)C1=O. The number of rotatable bonds is 2. The summed E-state index contributed by atoms with van der Waals surface area (Å²) in [4.78, 5) is 13.0. The topological polar surface area (TPSA) is 17.1 Å². The monoisotopic (exact) mass is 290 g/mol. The molecule has 1 spiro atoms. The van der Waals surface area contributed by atoms with Crippen molar-refractivity contribution in [2.45, 2.75) is 46.0 Å². The van der Waals surface area contributed by atoms with Crippen LogP contribution in [0.3, 0.4) is 0 Å². The molecule has 0 unspecified atom stereocenters. The summed E-state index contributed by atoms with van der Waals surface area (Å²) in [6.07, 6.45) is 3.31. The Morgan fingerprint density at radius 1 is 1.20 bits per heavy atom. The maximum atomic E-state index is 13.0. The molecule has 2 aliphatic rings. The van der Waals surface area contributed by atoms with E-state index in [-0.39, 0.29) is 11.3 Å². The Morgan fingerprint density at radius 2 is 1.85 bits per heavy atom. The van der Waals surface area contributed by atoms with Crippen LogP contribution >= 0.6 is 11.6 Å². The van der Waals surface area contributed by atoms with E-state index in [2.05, 4.69) is 32.9 Å². The van der Waals surface area contributed by atoms with Crippen LogP contribution in [0.4, 0.5) is 0 Å². The van der Waals surface area contributed by atoms with Gasteiger partial charge in [-0.2, -0.15) is 0 Å². The van der Waals surface area contributed by atoms with Crippen molar-refractivity contribution in [3.05, 3.63) is 34.9 Å². The van der Waals surface area contributed by atoms with Gasteiger partial charge < -0.3 is 0 Å². The molecule has 2 aliphatic carbocycles. The van der Waals surface area contributed by atoms with Crippen molar-refractivity contribution in [3.8, 4) is 0 Å². The normalized spacial score (nSPS) is 36.6. The van der Waals surface area contributed by atoms with Gasteiger partial charge in [0.15, 0.2) is 0 Å². The van der Waals surface area contributed by atoms with Crippen LogP contribution in [0.5, 0.6) is 0 Å². The highest BCUT2D eigenvalue weighted by Gasteiger charge is 2.65. The van der Waals surface area contributed by atoms with E-state index in [0.29, 0.717) is 23.5 Å². The van der Waals surface area contributed by atoms with E-state index < -0.39 is 0 Å². The fraction of sp³-hybridized carbons (Fsp3) is 0.611. The summed E-state index contributed by atoms with van der Waals surface area (Å²) < 4.78 is 0. The molecule has 2 heteroatoms. The van der Waals surface area contributed by atoms with E-state index in [1.54, 1.807) is 0 Å². The summed E-state index contributed by atoms with van der Waals surface area (Å²) in [6.45, 7) is 6.64. The van der Waals surface area contributed by atoms with Gasteiger partial charge in [-0.05, 0) is 54.7 Å². The van der Waals surface area contributed by atoms with Crippen molar-refractivity contribution in [1.82, 2.24) is 0 Å². The molecule has 2 fully saturated rings. The Balaban J connectivity index is 1.88. The first-order valence-electron chi connectivity index (χ1n) is 7.76. The number of ketones is 1. The average molecular weight is 291 g/mol. The van der Waals surface area contributed by atoms with Crippen molar-refractivity contribution < 1.29 is 4.79 Å². The minimum atomic E-state index is -0.0684. The first-order valence-corrected chi connectivity index (χ1v) is 8.14. The second kappa shape index (κ2) is 4.87. The quantitative estimate of drug-likeness (QED) is 0.742. The smallest absolute Gasteiger partial charge is 0.143 e. The number of carbonyl (C=O) groups is 1. The molecular weight excluding hydrogens is 268 g/mol. The minimum absolute atomic E-state index is 0.0684. The highest BCUT2D eigenvalue weighted by atomic mass is 35.5. The third-order valence-electron chi connectivity index (χ3n) is 5.67. The third-order valence-corrected chi connectivity index (χ3v) is 5.92. The number of hydrogen-bond donors (Lipinski definition) is 0. The Hall–Kier alpha value is -0.820. The molecule has 0 bridgehead atoms. The number of benzene rings is 1. The molecule has 1 aromatic carbocycles. The molecule has 0 radical (unpaired) electrons. The Bertz CT molecular complexity index is 519. The summed E-state index contributed by atoms with van der Waals surface area (Å²) >= 11 is 5.97. The van der Waals surface area contributed by atoms with Gasteiger partial charge in [0.2, 0.25) is 0 Å². The molecule has 4 atom stereocenters. The van der Waals surface area contributed by atoms with Crippen molar-refractivity contribution in [2.75, 3.05) is 0 Å². The van der Waals surface area contributed by atoms with Crippen LogP contribution in [0.25, 0.3) is 0 Å². The predicted octanol–water partition coefficient (Wildman–Crippen LogP) is 5.08. The molecule has 1 nitrogen and oxygen atoms in total. The highest BCUT2D eigenvalue weighted by Crippen LogP contribution is 2.68. The average Bonchev–Trinajstić information content (AvgIpc) is 3.14. The third kappa shape index (κ3) is 2.02. The van der Waals surface area contributed by atoms with Crippen molar-refractivity contribution >= 4 is 17.4 Å². The zero-order valence-electron chi connectivity index (χ0n) is 12.5. The molecule has 0 aliphatic heterocycles. The van der Waals surface area contributed by atoms with Gasteiger partial charge >= 0.3 is 0 Å². The standard InChI is InChI=1S/C18H23ClO/c1-11(2)15-9-4-12(3)18(17(15)20)10-16(18)13-5-7-14(19)8-6-13/h5-8,11-12,15-16H,4,9-10H2,1-3H3/t12-,15+,16+,18-/m0/s1. The van der Waals surface area contributed by atoms with E-state index in [9.17, 15) is 4.79 Å². The second-order valence-electron chi connectivity index (χ2n) is 7.04. The van der Waals surface area contributed by atoms with E-state index in [4.69, 9.17) is 11.6 Å². The summed E-state index contributed by atoms with van der Waals surface area (Å²) in [5, 5.41) is 0.770. The molecule has 0 N–H and O–H groups in total. The molecule has 2 saturated carbocycles. The van der Waals surface area contributed by atoms with Crippen molar-refractivity contribution in [3.63, 3.8) is 0 Å². The number of halogens is 1.